The van der Waals surface area contributed by atoms with Crippen LogP contribution in [-0.2, 0) is 6.54 Å². The Labute approximate surface area is 166 Å². The SMILES string of the molecule is Cc1cc(CNC(=O)Nc2ccccc2Br)c(C)n1-c1ccc(Cl)cc1. The predicted octanol–water partition coefficient (Wildman–Crippen LogP) is 5.83. The van der Waals surface area contributed by atoms with Gasteiger partial charge in [0.2, 0.25) is 0 Å². The number of carbonyl (C=O) groups is 1. The van der Waals surface area contributed by atoms with Crippen LogP contribution in [0.15, 0.2) is 59.1 Å². The van der Waals surface area contributed by atoms with E-state index in [9.17, 15) is 4.79 Å². The van der Waals surface area contributed by atoms with Gasteiger partial charge in [-0.1, -0.05) is 23.7 Å². The summed E-state index contributed by atoms with van der Waals surface area (Å²) in [6.07, 6.45) is 0. The number of hydrogen-bond donors (Lipinski definition) is 2. The third-order valence-electron chi connectivity index (χ3n) is 4.18. The summed E-state index contributed by atoms with van der Waals surface area (Å²) in [6.45, 7) is 4.54. The molecular weight excluding hydrogens is 414 g/mol. The van der Waals surface area contributed by atoms with Crippen molar-refractivity contribution in [1.29, 1.82) is 0 Å². The lowest BCUT2D eigenvalue weighted by atomic mass is 10.2. The minimum absolute atomic E-state index is 0.242. The summed E-state index contributed by atoms with van der Waals surface area (Å²) in [5.74, 6) is 0. The van der Waals surface area contributed by atoms with Gasteiger partial charge in [0.15, 0.2) is 0 Å². The molecule has 6 heteroatoms. The van der Waals surface area contributed by atoms with Crippen LogP contribution in [0.3, 0.4) is 0 Å². The molecule has 0 aliphatic heterocycles. The Morgan fingerprint density at radius 3 is 2.50 bits per heavy atom. The van der Waals surface area contributed by atoms with Crippen molar-refractivity contribution in [1.82, 2.24) is 9.88 Å². The van der Waals surface area contributed by atoms with Crippen LogP contribution in [0, 0.1) is 13.8 Å². The van der Waals surface area contributed by atoms with Crippen molar-refractivity contribution in [2.24, 2.45) is 0 Å². The highest BCUT2D eigenvalue weighted by Gasteiger charge is 2.12. The van der Waals surface area contributed by atoms with E-state index in [-0.39, 0.29) is 6.03 Å². The highest BCUT2D eigenvalue weighted by molar-refractivity contribution is 9.10. The number of amides is 2. The summed E-state index contributed by atoms with van der Waals surface area (Å²) in [5.41, 5.74) is 5.04. The quantitative estimate of drug-likeness (QED) is 0.535. The number of anilines is 1. The molecule has 0 atom stereocenters. The molecule has 0 aliphatic carbocycles. The Morgan fingerprint density at radius 1 is 1.12 bits per heavy atom. The van der Waals surface area contributed by atoms with Crippen molar-refractivity contribution in [2.45, 2.75) is 20.4 Å². The lowest BCUT2D eigenvalue weighted by Gasteiger charge is -2.11. The largest absolute Gasteiger partial charge is 0.334 e. The van der Waals surface area contributed by atoms with Crippen LogP contribution in [0.25, 0.3) is 5.69 Å². The molecule has 3 aromatic rings. The molecule has 2 N–H and O–H groups in total. The number of carbonyl (C=O) groups excluding carboxylic acids is 1. The number of benzene rings is 2. The fraction of sp³-hybridized carbons (Fsp3) is 0.150. The first-order valence-corrected chi connectivity index (χ1v) is 9.36. The molecule has 0 radical (unpaired) electrons. The number of aromatic nitrogens is 1. The number of rotatable bonds is 4. The predicted molar refractivity (Wildman–Crippen MR) is 110 cm³/mol. The standard InChI is InChI=1S/C20H19BrClN3O/c1-13-11-15(14(2)25(13)17-9-7-16(22)8-10-17)12-23-20(26)24-19-6-4-3-5-18(19)21/h3-11H,12H2,1-2H3,(H2,23,24,26). The van der Waals surface area contributed by atoms with Crippen LogP contribution >= 0.6 is 27.5 Å². The minimum atomic E-state index is -0.242. The molecule has 1 heterocycles. The third-order valence-corrected chi connectivity index (χ3v) is 5.13. The first-order chi connectivity index (χ1) is 12.5. The first-order valence-electron chi connectivity index (χ1n) is 8.19. The summed E-state index contributed by atoms with van der Waals surface area (Å²) in [7, 11) is 0. The van der Waals surface area contributed by atoms with Gasteiger partial charge in [-0.25, -0.2) is 4.79 Å². The van der Waals surface area contributed by atoms with Crippen LogP contribution in [0.2, 0.25) is 5.02 Å². The number of aryl methyl sites for hydroxylation is 1. The molecule has 26 heavy (non-hydrogen) atoms. The normalized spacial score (nSPS) is 10.6. The van der Waals surface area contributed by atoms with Gasteiger partial charge < -0.3 is 15.2 Å². The Bertz CT molecular complexity index is 935. The second kappa shape index (κ2) is 7.98. The highest BCUT2D eigenvalue weighted by Crippen LogP contribution is 2.23. The molecule has 0 fully saturated rings. The molecule has 2 amide bonds. The second-order valence-electron chi connectivity index (χ2n) is 6.00. The Morgan fingerprint density at radius 2 is 1.81 bits per heavy atom. The fourth-order valence-corrected chi connectivity index (χ4v) is 3.41. The lowest BCUT2D eigenvalue weighted by molar-refractivity contribution is 0.251. The summed E-state index contributed by atoms with van der Waals surface area (Å²) >= 11 is 9.40. The van der Waals surface area contributed by atoms with Gasteiger partial charge in [0.05, 0.1) is 5.69 Å². The molecule has 4 nitrogen and oxygen atoms in total. The number of nitrogens with zero attached hydrogens (tertiary/aromatic N) is 1. The number of para-hydroxylation sites is 1. The number of halogens is 2. The van der Waals surface area contributed by atoms with Crippen LogP contribution in [0.4, 0.5) is 10.5 Å². The van der Waals surface area contributed by atoms with Crippen LogP contribution in [0.5, 0.6) is 0 Å². The molecule has 0 spiro atoms. The van der Waals surface area contributed by atoms with Gasteiger partial charge in [-0.2, -0.15) is 0 Å². The lowest BCUT2D eigenvalue weighted by Crippen LogP contribution is -2.28. The van der Waals surface area contributed by atoms with E-state index >= 15 is 0 Å². The monoisotopic (exact) mass is 431 g/mol. The topological polar surface area (TPSA) is 46.1 Å². The molecule has 0 saturated carbocycles. The van der Waals surface area contributed by atoms with Crippen molar-refractivity contribution < 1.29 is 4.79 Å². The van der Waals surface area contributed by atoms with Crippen molar-refractivity contribution in [3.63, 3.8) is 0 Å². The number of nitrogens with one attached hydrogen (secondary N) is 2. The summed E-state index contributed by atoms with van der Waals surface area (Å²) < 4.78 is 3.00. The minimum Gasteiger partial charge on any atom is -0.334 e. The fourth-order valence-electron chi connectivity index (χ4n) is 2.90. The molecule has 2 aromatic carbocycles. The van der Waals surface area contributed by atoms with Gasteiger partial charge >= 0.3 is 6.03 Å². The van der Waals surface area contributed by atoms with E-state index in [4.69, 9.17) is 11.6 Å². The van der Waals surface area contributed by atoms with Crippen molar-refractivity contribution in [3.8, 4) is 5.69 Å². The van der Waals surface area contributed by atoms with E-state index in [1.54, 1.807) is 0 Å². The van der Waals surface area contributed by atoms with E-state index in [0.29, 0.717) is 11.6 Å². The van der Waals surface area contributed by atoms with E-state index in [1.165, 1.54) is 0 Å². The Hall–Kier alpha value is -2.24. The average molecular weight is 433 g/mol. The summed E-state index contributed by atoms with van der Waals surface area (Å²) in [6, 6.07) is 17.1. The smallest absolute Gasteiger partial charge is 0.319 e. The van der Waals surface area contributed by atoms with Crippen molar-refractivity contribution >= 4 is 39.2 Å². The molecule has 0 bridgehead atoms. The highest BCUT2D eigenvalue weighted by atomic mass is 79.9. The van der Waals surface area contributed by atoms with Gasteiger partial charge in [0.1, 0.15) is 0 Å². The van der Waals surface area contributed by atoms with Crippen molar-refractivity contribution in [3.05, 3.63) is 81.0 Å². The van der Waals surface area contributed by atoms with E-state index in [0.717, 1.165) is 32.8 Å². The molecule has 0 aliphatic rings. The maximum Gasteiger partial charge on any atom is 0.319 e. The summed E-state index contributed by atoms with van der Waals surface area (Å²) in [4.78, 5) is 12.2. The van der Waals surface area contributed by atoms with E-state index < -0.39 is 0 Å². The zero-order valence-electron chi connectivity index (χ0n) is 14.5. The van der Waals surface area contributed by atoms with E-state index in [2.05, 4.69) is 37.2 Å². The van der Waals surface area contributed by atoms with Crippen LogP contribution in [-0.4, -0.2) is 10.6 Å². The zero-order chi connectivity index (χ0) is 18.7. The molecule has 3 rings (SSSR count). The number of hydrogen-bond acceptors (Lipinski definition) is 1. The van der Waals surface area contributed by atoms with Crippen LogP contribution in [0.1, 0.15) is 17.0 Å². The zero-order valence-corrected chi connectivity index (χ0v) is 16.9. The second-order valence-corrected chi connectivity index (χ2v) is 7.29. The van der Waals surface area contributed by atoms with Gasteiger partial charge in [0, 0.05) is 33.1 Å². The third kappa shape index (κ3) is 4.11. The Kier molecular flexibility index (Phi) is 5.69. The molecule has 0 unspecified atom stereocenters. The van der Waals surface area contributed by atoms with Crippen molar-refractivity contribution in [2.75, 3.05) is 5.32 Å². The van der Waals surface area contributed by atoms with Gasteiger partial charge in [-0.3, -0.25) is 0 Å². The molecular formula is C20H19BrClN3O. The number of urea groups is 1. The maximum absolute atomic E-state index is 12.2. The molecule has 1 aromatic heterocycles. The van der Waals surface area contributed by atoms with Crippen LogP contribution < -0.4 is 10.6 Å². The average Bonchev–Trinajstić information content (AvgIpc) is 2.90. The first kappa shape index (κ1) is 18.5. The molecule has 0 saturated heterocycles. The Balaban J connectivity index is 1.71. The maximum atomic E-state index is 12.2. The van der Waals surface area contributed by atoms with Gasteiger partial charge in [-0.05, 0) is 77.8 Å². The molecule has 134 valence electrons. The summed E-state index contributed by atoms with van der Waals surface area (Å²) in [5, 5.41) is 6.46. The van der Waals surface area contributed by atoms with E-state index in [1.807, 2.05) is 62.4 Å². The van der Waals surface area contributed by atoms with Gasteiger partial charge in [0.25, 0.3) is 0 Å². The van der Waals surface area contributed by atoms with Gasteiger partial charge in [-0.15, -0.1) is 0 Å².